The number of nitrogens with zero attached hydrogens (tertiary/aromatic N) is 3. The predicted molar refractivity (Wildman–Crippen MR) is 121 cm³/mol. The first-order chi connectivity index (χ1) is 15.5. The minimum atomic E-state index is -1.21. The first-order valence-electron chi connectivity index (χ1n) is 10.0. The lowest BCUT2D eigenvalue weighted by Crippen LogP contribution is -2.23. The van der Waals surface area contributed by atoms with Crippen LogP contribution in [-0.2, 0) is 23.1 Å². The molecule has 32 heavy (non-hydrogen) atoms. The van der Waals surface area contributed by atoms with Gasteiger partial charge in [-0.25, -0.2) is 4.98 Å². The van der Waals surface area contributed by atoms with Crippen molar-refractivity contribution in [1.82, 2.24) is 20.3 Å². The summed E-state index contributed by atoms with van der Waals surface area (Å²) in [5.74, 6) is 1.14. The van der Waals surface area contributed by atoms with Gasteiger partial charge in [0.15, 0.2) is 0 Å². The zero-order valence-corrected chi connectivity index (χ0v) is 18.6. The third-order valence-corrected chi connectivity index (χ3v) is 6.22. The van der Waals surface area contributed by atoms with Gasteiger partial charge in [-0.2, -0.15) is 0 Å². The van der Waals surface area contributed by atoms with Crippen LogP contribution in [0, 0.1) is 13.8 Å². The Labute approximate surface area is 188 Å². The second kappa shape index (κ2) is 9.65. The highest BCUT2D eigenvalue weighted by atomic mass is 32.2. The van der Waals surface area contributed by atoms with Crippen LogP contribution in [0.3, 0.4) is 0 Å². The maximum absolute atomic E-state index is 12.7. The number of aryl methyl sites for hydroxylation is 2. The van der Waals surface area contributed by atoms with E-state index in [2.05, 4.69) is 20.3 Å². The van der Waals surface area contributed by atoms with Crippen molar-refractivity contribution < 1.29 is 13.4 Å². The molecule has 0 saturated heterocycles. The Kier molecular flexibility index (Phi) is 6.51. The van der Waals surface area contributed by atoms with Crippen LogP contribution < -0.4 is 5.32 Å². The lowest BCUT2D eigenvalue weighted by Gasteiger charge is -2.05. The summed E-state index contributed by atoms with van der Waals surface area (Å²) < 4.78 is 18.5. The van der Waals surface area contributed by atoms with Crippen LogP contribution in [0.25, 0.3) is 11.5 Å². The topological polar surface area (TPSA) is 98.0 Å². The van der Waals surface area contributed by atoms with Crippen LogP contribution in [0.15, 0.2) is 76.4 Å². The van der Waals surface area contributed by atoms with Gasteiger partial charge in [-0.3, -0.25) is 19.0 Å². The van der Waals surface area contributed by atoms with Crippen molar-refractivity contribution in [3.8, 4) is 11.5 Å². The number of carbonyl (C=O) groups is 1. The van der Waals surface area contributed by atoms with Gasteiger partial charge >= 0.3 is 0 Å². The zero-order valence-electron chi connectivity index (χ0n) is 17.7. The second-order valence-electron chi connectivity index (χ2n) is 7.28. The van der Waals surface area contributed by atoms with E-state index in [0.717, 1.165) is 16.0 Å². The molecule has 0 saturated carbocycles. The molecule has 1 N–H and O–H groups in total. The summed E-state index contributed by atoms with van der Waals surface area (Å²) in [6.07, 6.45) is 4.77. The molecule has 1 unspecified atom stereocenters. The van der Waals surface area contributed by atoms with E-state index in [-0.39, 0.29) is 11.7 Å². The predicted octanol–water partition coefficient (Wildman–Crippen LogP) is 3.99. The van der Waals surface area contributed by atoms with E-state index >= 15 is 0 Å². The number of carbonyl (C=O) groups excluding carboxylic acids is 1. The highest BCUT2D eigenvalue weighted by Gasteiger charge is 2.16. The highest BCUT2D eigenvalue weighted by Crippen LogP contribution is 2.24. The van der Waals surface area contributed by atoms with Gasteiger partial charge in [0.1, 0.15) is 5.76 Å². The smallest absolute Gasteiger partial charge is 0.251 e. The number of rotatable bonds is 7. The fourth-order valence-corrected chi connectivity index (χ4v) is 4.16. The lowest BCUT2D eigenvalue weighted by molar-refractivity contribution is 0.0950. The van der Waals surface area contributed by atoms with Crippen LogP contribution in [0.4, 0.5) is 0 Å². The van der Waals surface area contributed by atoms with Gasteiger partial charge in [-0.05, 0) is 50.2 Å². The van der Waals surface area contributed by atoms with E-state index in [0.29, 0.717) is 35.1 Å². The molecule has 0 radical (unpaired) electrons. The fourth-order valence-electron chi connectivity index (χ4n) is 3.04. The van der Waals surface area contributed by atoms with Crippen molar-refractivity contribution in [3.63, 3.8) is 0 Å². The molecule has 0 aliphatic heterocycles. The largest absolute Gasteiger partial charge is 0.441 e. The molecule has 0 aliphatic carbocycles. The molecule has 2 aromatic heterocycles. The standard InChI is InChI=1S/C24H22N4O3S/c1-16-3-9-21(10-4-16)32(30)15-22-17(2)31-24(28-22)19-7-5-18(6-8-19)23(29)27-14-20-13-25-11-12-26-20/h3-13H,14-15H2,1-2H3,(H,27,29). The van der Waals surface area contributed by atoms with Crippen LogP contribution in [0.2, 0.25) is 0 Å². The number of benzene rings is 2. The normalized spacial score (nSPS) is 11.8. The zero-order chi connectivity index (χ0) is 22.5. The van der Waals surface area contributed by atoms with Gasteiger partial charge in [-0.15, -0.1) is 0 Å². The summed E-state index contributed by atoms with van der Waals surface area (Å²) in [5.41, 5.74) is 3.72. The third kappa shape index (κ3) is 5.15. The number of nitrogens with one attached hydrogen (secondary N) is 1. The Balaban J connectivity index is 1.42. The summed E-state index contributed by atoms with van der Waals surface area (Å²) in [7, 11) is -1.21. The van der Waals surface area contributed by atoms with E-state index in [1.807, 2.05) is 38.1 Å². The molecule has 162 valence electrons. The first kappa shape index (κ1) is 21.6. The van der Waals surface area contributed by atoms with Crippen LogP contribution in [0.1, 0.15) is 33.1 Å². The van der Waals surface area contributed by atoms with Crippen molar-refractivity contribution in [2.75, 3.05) is 0 Å². The molecule has 4 aromatic rings. The van der Waals surface area contributed by atoms with Crippen LogP contribution in [0.5, 0.6) is 0 Å². The number of aromatic nitrogens is 3. The van der Waals surface area contributed by atoms with Crippen LogP contribution in [-0.4, -0.2) is 25.1 Å². The molecule has 4 rings (SSSR count). The Morgan fingerprint density at radius 2 is 1.78 bits per heavy atom. The SMILES string of the molecule is Cc1ccc(S(=O)Cc2nc(-c3ccc(C(=O)NCc4cnccn4)cc3)oc2C)cc1. The second-order valence-corrected chi connectivity index (χ2v) is 8.73. The van der Waals surface area contributed by atoms with Crippen molar-refractivity contribution in [3.05, 3.63) is 95.4 Å². The third-order valence-electron chi connectivity index (χ3n) is 4.89. The van der Waals surface area contributed by atoms with Crippen molar-refractivity contribution >= 4 is 16.7 Å². The monoisotopic (exact) mass is 446 g/mol. The average molecular weight is 447 g/mol. The molecule has 0 aliphatic rings. The number of hydrogen-bond acceptors (Lipinski definition) is 6. The first-order valence-corrected chi connectivity index (χ1v) is 11.4. The maximum atomic E-state index is 12.7. The fraction of sp³-hybridized carbons (Fsp3) is 0.167. The van der Waals surface area contributed by atoms with Gasteiger partial charge < -0.3 is 9.73 Å². The van der Waals surface area contributed by atoms with Crippen LogP contribution >= 0.6 is 0 Å². The minimum absolute atomic E-state index is 0.208. The van der Waals surface area contributed by atoms with E-state index < -0.39 is 10.8 Å². The van der Waals surface area contributed by atoms with Gasteiger partial charge in [0.2, 0.25) is 5.89 Å². The van der Waals surface area contributed by atoms with Gasteiger partial charge in [-0.1, -0.05) is 17.7 Å². The summed E-state index contributed by atoms with van der Waals surface area (Å²) in [6, 6.07) is 14.6. The molecular formula is C24H22N4O3S. The summed E-state index contributed by atoms with van der Waals surface area (Å²) in [4.78, 5) is 25.8. The van der Waals surface area contributed by atoms with E-state index in [1.54, 1.807) is 42.9 Å². The molecule has 0 bridgehead atoms. The van der Waals surface area contributed by atoms with Gasteiger partial charge in [0.25, 0.3) is 5.91 Å². The van der Waals surface area contributed by atoms with Crippen molar-refractivity contribution in [2.24, 2.45) is 0 Å². The molecule has 7 nitrogen and oxygen atoms in total. The lowest BCUT2D eigenvalue weighted by atomic mass is 10.1. The summed E-state index contributed by atoms with van der Waals surface area (Å²) in [5, 5.41) is 2.81. The van der Waals surface area contributed by atoms with Gasteiger partial charge in [0, 0.05) is 28.4 Å². The quantitative estimate of drug-likeness (QED) is 0.461. The highest BCUT2D eigenvalue weighted by molar-refractivity contribution is 7.84. The Bertz CT molecular complexity index is 1240. The van der Waals surface area contributed by atoms with Crippen molar-refractivity contribution in [2.45, 2.75) is 31.0 Å². The molecule has 0 spiro atoms. The Morgan fingerprint density at radius 3 is 2.47 bits per heavy atom. The number of amides is 1. The molecule has 1 atom stereocenters. The summed E-state index contributed by atoms with van der Waals surface area (Å²) in [6.45, 7) is 4.11. The Morgan fingerprint density at radius 1 is 1.03 bits per heavy atom. The average Bonchev–Trinajstić information content (AvgIpc) is 3.18. The van der Waals surface area contributed by atoms with Crippen molar-refractivity contribution in [1.29, 1.82) is 0 Å². The van der Waals surface area contributed by atoms with E-state index in [4.69, 9.17) is 4.42 Å². The minimum Gasteiger partial charge on any atom is -0.441 e. The molecular weight excluding hydrogens is 424 g/mol. The van der Waals surface area contributed by atoms with E-state index in [9.17, 15) is 9.00 Å². The number of hydrogen-bond donors (Lipinski definition) is 1. The van der Waals surface area contributed by atoms with E-state index in [1.165, 1.54) is 0 Å². The molecule has 0 fully saturated rings. The number of oxazole rings is 1. The summed E-state index contributed by atoms with van der Waals surface area (Å²) >= 11 is 0. The molecule has 8 heteroatoms. The molecule has 2 aromatic carbocycles. The molecule has 1 amide bonds. The molecule has 2 heterocycles. The Hall–Kier alpha value is -3.65. The van der Waals surface area contributed by atoms with Gasteiger partial charge in [0.05, 0.1) is 40.7 Å². The maximum Gasteiger partial charge on any atom is 0.251 e.